The molecule has 0 N–H and O–H groups in total. The molecule has 86 valence electrons. The summed E-state index contributed by atoms with van der Waals surface area (Å²) in [5, 5.41) is 0.779. The predicted octanol–water partition coefficient (Wildman–Crippen LogP) is 4.06. The minimum absolute atomic E-state index is 0.433. The summed E-state index contributed by atoms with van der Waals surface area (Å²) in [5.74, 6) is 1.41. The molecule has 0 bridgehead atoms. The van der Waals surface area contributed by atoms with Crippen LogP contribution in [0.3, 0.4) is 0 Å². The molecule has 1 aliphatic heterocycles. The molecule has 0 saturated heterocycles. The van der Waals surface area contributed by atoms with Crippen LogP contribution in [0.1, 0.15) is 17.0 Å². The molecule has 1 nitrogen and oxygen atoms in total. The number of benzene rings is 2. The Morgan fingerprint density at radius 2 is 1.88 bits per heavy atom. The van der Waals surface area contributed by atoms with Crippen LogP contribution < -0.4 is 4.74 Å². The molecular weight excluding hydrogens is 232 g/mol. The lowest BCUT2D eigenvalue weighted by atomic mass is 9.90. The second-order valence-corrected chi connectivity index (χ2v) is 4.81. The molecule has 2 aromatic rings. The summed E-state index contributed by atoms with van der Waals surface area (Å²) in [6, 6.07) is 16.3. The van der Waals surface area contributed by atoms with E-state index in [-0.39, 0.29) is 0 Å². The third-order valence-electron chi connectivity index (χ3n) is 3.20. The summed E-state index contributed by atoms with van der Waals surface area (Å²) in [6.07, 6.45) is 1.000. The fourth-order valence-corrected chi connectivity index (χ4v) is 2.50. The van der Waals surface area contributed by atoms with Gasteiger partial charge in [0.25, 0.3) is 0 Å². The highest BCUT2D eigenvalue weighted by atomic mass is 35.5. The number of halogens is 1. The van der Waals surface area contributed by atoms with Gasteiger partial charge in [-0.05, 0) is 35.7 Å². The molecule has 0 aliphatic carbocycles. The standard InChI is InChI=1S/C15H13ClO/c16-14-6-7-15-12(9-14)8-13(10-17-15)11-4-2-1-3-5-11/h1-7,9,13H,8,10H2. The zero-order valence-corrected chi connectivity index (χ0v) is 10.2. The van der Waals surface area contributed by atoms with Crippen LogP contribution in [0.4, 0.5) is 0 Å². The Morgan fingerprint density at radius 3 is 2.71 bits per heavy atom. The van der Waals surface area contributed by atoms with Crippen LogP contribution in [0.5, 0.6) is 5.75 Å². The maximum atomic E-state index is 6.01. The Balaban J connectivity index is 1.90. The van der Waals surface area contributed by atoms with Gasteiger partial charge in [0.05, 0.1) is 6.61 Å². The van der Waals surface area contributed by atoms with Crippen molar-refractivity contribution in [3.63, 3.8) is 0 Å². The number of hydrogen-bond donors (Lipinski definition) is 0. The van der Waals surface area contributed by atoms with Gasteiger partial charge < -0.3 is 4.74 Å². The van der Waals surface area contributed by atoms with E-state index < -0.39 is 0 Å². The van der Waals surface area contributed by atoms with Crippen LogP contribution in [0.15, 0.2) is 48.5 Å². The van der Waals surface area contributed by atoms with E-state index in [0.717, 1.165) is 23.8 Å². The maximum absolute atomic E-state index is 6.01. The predicted molar refractivity (Wildman–Crippen MR) is 69.8 cm³/mol. The van der Waals surface area contributed by atoms with E-state index >= 15 is 0 Å². The first-order valence-electron chi connectivity index (χ1n) is 5.79. The molecule has 1 heterocycles. The molecule has 0 aromatic heterocycles. The first kappa shape index (κ1) is 10.7. The highest BCUT2D eigenvalue weighted by Gasteiger charge is 2.21. The van der Waals surface area contributed by atoms with Crippen molar-refractivity contribution in [2.24, 2.45) is 0 Å². The number of ether oxygens (including phenoxy) is 1. The second-order valence-electron chi connectivity index (χ2n) is 4.37. The molecule has 0 fully saturated rings. The molecule has 0 spiro atoms. The van der Waals surface area contributed by atoms with Gasteiger partial charge in [0, 0.05) is 10.9 Å². The van der Waals surface area contributed by atoms with E-state index in [4.69, 9.17) is 16.3 Å². The Kier molecular flexibility index (Phi) is 2.77. The van der Waals surface area contributed by atoms with Crippen molar-refractivity contribution >= 4 is 11.6 Å². The first-order valence-corrected chi connectivity index (χ1v) is 6.17. The monoisotopic (exact) mass is 244 g/mol. The molecule has 1 aliphatic rings. The van der Waals surface area contributed by atoms with E-state index in [0.29, 0.717) is 5.92 Å². The molecule has 1 unspecified atom stereocenters. The molecule has 0 radical (unpaired) electrons. The van der Waals surface area contributed by atoms with Gasteiger partial charge >= 0.3 is 0 Å². The second kappa shape index (κ2) is 4.42. The molecule has 1 atom stereocenters. The minimum Gasteiger partial charge on any atom is -0.493 e. The van der Waals surface area contributed by atoms with Crippen molar-refractivity contribution in [2.75, 3.05) is 6.61 Å². The van der Waals surface area contributed by atoms with Crippen molar-refractivity contribution in [3.05, 3.63) is 64.7 Å². The Labute approximate surface area is 106 Å². The maximum Gasteiger partial charge on any atom is 0.122 e. The molecular formula is C15H13ClO. The smallest absolute Gasteiger partial charge is 0.122 e. The van der Waals surface area contributed by atoms with E-state index in [2.05, 4.69) is 24.3 Å². The van der Waals surface area contributed by atoms with Crippen LogP contribution >= 0.6 is 11.6 Å². The van der Waals surface area contributed by atoms with Gasteiger partial charge in [-0.25, -0.2) is 0 Å². The molecule has 3 rings (SSSR count). The van der Waals surface area contributed by atoms with Gasteiger partial charge in [-0.2, -0.15) is 0 Å². The number of rotatable bonds is 1. The van der Waals surface area contributed by atoms with Crippen LogP contribution in [-0.2, 0) is 6.42 Å². The fraction of sp³-hybridized carbons (Fsp3) is 0.200. The third kappa shape index (κ3) is 2.16. The van der Waals surface area contributed by atoms with E-state index in [1.54, 1.807) is 0 Å². The highest BCUT2D eigenvalue weighted by Crippen LogP contribution is 2.33. The lowest BCUT2D eigenvalue weighted by Gasteiger charge is -2.25. The first-order chi connectivity index (χ1) is 8.33. The molecule has 0 saturated carbocycles. The van der Waals surface area contributed by atoms with Crippen molar-refractivity contribution in [3.8, 4) is 5.75 Å². The Bertz CT molecular complexity index is 522. The topological polar surface area (TPSA) is 9.23 Å². The van der Waals surface area contributed by atoms with Gasteiger partial charge in [-0.3, -0.25) is 0 Å². The summed E-state index contributed by atoms with van der Waals surface area (Å²) in [7, 11) is 0. The van der Waals surface area contributed by atoms with Gasteiger partial charge in [0.15, 0.2) is 0 Å². The third-order valence-corrected chi connectivity index (χ3v) is 3.43. The van der Waals surface area contributed by atoms with Gasteiger partial charge in [-0.15, -0.1) is 0 Å². The van der Waals surface area contributed by atoms with E-state index in [1.807, 2.05) is 24.3 Å². The summed E-state index contributed by atoms with van der Waals surface area (Å²) in [4.78, 5) is 0. The average molecular weight is 245 g/mol. The number of fused-ring (bicyclic) bond motifs is 1. The average Bonchev–Trinajstić information content (AvgIpc) is 2.39. The molecule has 2 aromatic carbocycles. The van der Waals surface area contributed by atoms with E-state index in [1.165, 1.54) is 11.1 Å². The zero-order valence-electron chi connectivity index (χ0n) is 9.40. The molecule has 17 heavy (non-hydrogen) atoms. The van der Waals surface area contributed by atoms with Crippen LogP contribution in [0, 0.1) is 0 Å². The van der Waals surface area contributed by atoms with Crippen molar-refractivity contribution in [1.82, 2.24) is 0 Å². The normalized spacial score (nSPS) is 18.3. The number of hydrogen-bond acceptors (Lipinski definition) is 1. The largest absolute Gasteiger partial charge is 0.493 e. The van der Waals surface area contributed by atoms with Gasteiger partial charge in [0.2, 0.25) is 0 Å². The zero-order chi connectivity index (χ0) is 11.7. The lowest BCUT2D eigenvalue weighted by Crippen LogP contribution is -2.19. The van der Waals surface area contributed by atoms with Crippen molar-refractivity contribution < 1.29 is 4.74 Å². The van der Waals surface area contributed by atoms with Crippen LogP contribution in [0.25, 0.3) is 0 Å². The highest BCUT2D eigenvalue weighted by molar-refractivity contribution is 6.30. The quantitative estimate of drug-likeness (QED) is 0.735. The van der Waals surface area contributed by atoms with Crippen LogP contribution in [0.2, 0.25) is 5.02 Å². The minimum atomic E-state index is 0.433. The molecule has 2 heteroatoms. The summed E-state index contributed by atoms with van der Waals surface area (Å²) in [6.45, 7) is 0.749. The fourth-order valence-electron chi connectivity index (χ4n) is 2.30. The van der Waals surface area contributed by atoms with Gasteiger partial charge in [-0.1, -0.05) is 41.9 Å². The van der Waals surface area contributed by atoms with Crippen molar-refractivity contribution in [2.45, 2.75) is 12.3 Å². The molecule has 0 amide bonds. The van der Waals surface area contributed by atoms with Gasteiger partial charge in [0.1, 0.15) is 5.75 Å². The lowest BCUT2D eigenvalue weighted by molar-refractivity contribution is 0.262. The Morgan fingerprint density at radius 1 is 1.06 bits per heavy atom. The Hall–Kier alpha value is -1.47. The summed E-state index contributed by atoms with van der Waals surface area (Å²) < 4.78 is 5.79. The van der Waals surface area contributed by atoms with Crippen molar-refractivity contribution in [1.29, 1.82) is 0 Å². The van der Waals surface area contributed by atoms with E-state index in [9.17, 15) is 0 Å². The summed E-state index contributed by atoms with van der Waals surface area (Å²) in [5.41, 5.74) is 2.54. The summed E-state index contributed by atoms with van der Waals surface area (Å²) >= 11 is 6.01. The van der Waals surface area contributed by atoms with Crippen LogP contribution in [-0.4, -0.2) is 6.61 Å². The SMILES string of the molecule is Clc1ccc2c(c1)CC(c1ccccc1)CO2.